The van der Waals surface area contributed by atoms with E-state index in [1.165, 1.54) is 0 Å². The first-order chi connectivity index (χ1) is 6.06. The van der Waals surface area contributed by atoms with E-state index in [9.17, 15) is 8.78 Å². The summed E-state index contributed by atoms with van der Waals surface area (Å²) in [5, 5.41) is 25.9. The number of halogens is 2. The zero-order chi connectivity index (χ0) is 10.0. The molecule has 0 saturated carbocycles. The molecule has 0 fully saturated rings. The van der Waals surface area contributed by atoms with Crippen LogP contribution in [0.5, 0.6) is 0 Å². The van der Waals surface area contributed by atoms with Crippen LogP contribution in [0, 0.1) is 11.6 Å². The molecule has 0 radical (unpaired) electrons. The van der Waals surface area contributed by atoms with Crippen molar-refractivity contribution in [2.75, 3.05) is 0 Å². The van der Waals surface area contributed by atoms with Gasteiger partial charge in [0.15, 0.2) is 11.6 Å². The van der Waals surface area contributed by atoms with Gasteiger partial charge in [0.05, 0.1) is 6.61 Å². The molecule has 1 aromatic carbocycles. The topological polar surface area (TPSA) is 60.7 Å². The van der Waals surface area contributed by atoms with Crippen LogP contribution in [-0.2, 0) is 6.61 Å². The van der Waals surface area contributed by atoms with Crippen molar-refractivity contribution in [3.8, 4) is 0 Å². The summed E-state index contributed by atoms with van der Waals surface area (Å²) in [6.45, 7) is -0.691. The lowest BCUT2D eigenvalue weighted by atomic mass is 9.79. The van der Waals surface area contributed by atoms with E-state index in [0.717, 1.165) is 6.07 Å². The molecule has 0 atom stereocenters. The van der Waals surface area contributed by atoms with Crippen LogP contribution in [-0.4, -0.2) is 22.3 Å². The third-order valence-electron chi connectivity index (χ3n) is 1.59. The van der Waals surface area contributed by atoms with Gasteiger partial charge in [-0.3, -0.25) is 0 Å². The van der Waals surface area contributed by atoms with E-state index in [-0.39, 0.29) is 11.0 Å². The van der Waals surface area contributed by atoms with Gasteiger partial charge < -0.3 is 15.2 Å². The molecule has 6 heteroatoms. The Bertz CT molecular complexity index is 317. The van der Waals surface area contributed by atoms with Crippen LogP contribution >= 0.6 is 0 Å². The summed E-state index contributed by atoms with van der Waals surface area (Å²) in [4.78, 5) is 0. The highest BCUT2D eigenvalue weighted by atomic mass is 19.2. The molecule has 13 heavy (non-hydrogen) atoms. The molecule has 0 aliphatic carbocycles. The Balaban J connectivity index is 3.22. The van der Waals surface area contributed by atoms with Crippen LogP contribution in [0.25, 0.3) is 0 Å². The van der Waals surface area contributed by atoms with Gasteiger partial charge in [-0.2, -0.15) is 0 Å². The van der Waals surface area contributed by atoms with Gasteiger partial charge in [-0.1, -0.05) is 6.07 Å². The minimum atomic E-state index is -1.87. The average Bonchev–Trinajstić information content (AvgIpc) is 2.09. The zero-order valence-corrected chi connectivity index (χ0v) is 6.54. The molecular formula is C7H7BF2O3. The van der Waals surface area contributed by atoms with E-state index in [2.05, 4.69) is 0 Å². The number of benzene rings is 1. The van der Waals surface area contributed by atoms with E-state index in [1.807, 2.05) is 0 Å². The second-order valence-electron chi connectivity index (χ2n) is 2.51. The zero-order valence-electron chi connectivity index (χ0n) is 6.54. The van der Waals surface area contributed by atoms with Gasteiger partial charge in [-0.15, -0.1) is 0 Å². The van der Waals surface area contributed by atoms with Crippen LogP contribution in [0.2, 0.25) is 0 Å². The number of aliphatic hydroxyl groups is 1. The first-order valence-corrected chi connectivity index (χ1v) is 3.51. The molecule has 70 valence electrons. The summed E-state index contributed by atoms with van der Waals surface area (Å²) in [6.07, 6.45) is 0. The Hall–Kier alpha value is -0.975. The SMILES string of the molecule is OCc1cc(B(O)O)cc(F)c1F. The highest BCUT2D eigenvalue weighted by molar-refractivity contribution is 6.58. The minimum Gasteiger partial charge on any atom is -0.423 e. The second kappa shape index (κ2) is 3.82. The van der Waals surface area contributed by atoms with E-state index in [4.69, 9.17) is 15.2 Å². The Morgan fingerprint density at radius 3 is 2.31 bits per heavy atom. The van der Waals surface area contributed by atoms with Gasteiger partial charge >= 0.3 is 7.12 Å². The molecular weight excluding hydrogens is 181 g/mol. The number of hydrogen-bond acceptors (Lipinski definition) is 3. The average molecular weight is 188 g/mol. The fraction of sp³-hybridized carbons (Fsp3) is 0.143. The summed E-state index contributed by atoms with van der Waals surface area (Å²) in [5.74, 6) is -2.39. The van der Waals surface area contributed by atoms with Crippen LogP contribution in [0.3, 0.4) is 0 Å². The summed E-state index contributed by atoms with van der Waals surface area (Å²) < 4.78 is 25.4. The quantitative estimate of drug-likeness (QED) is 0.529. The molecule has 0 bridgehead atoms. The maximum Gasteiger partial charge on any atom is 0.488 e. The predicted octanol–water partition coefficient (Wildman–Crippen LogP) is -0.863. The van der Waals surface area contributed by atoms with Gasteiger partial charge in [-0.25, -0.2) is 8.78 Å². The smallest absolute Gasteiger partial charge is 0.423 e. The summed E-state index contributed by atoms with van der Waals surface area (Å²) in [7, 11) is -1.87. The van der Waals surface area contributed by atoms with Crippen molar-refractivity contribution in [1.29, 1.82) is 0 Å². The lowest BCUT2D eigenvalue weighted by molar-refractivity contribution is 0.273. The third kappa shape index (κ3) is 2.03. The van der Waals surface area contributed by atoms with Crippen molar-refractivity contribution in [2.45, 2.75) is 6.61 Å². The highest BCUT2D eigenvalue weighted by Gasteiger charge is 2.17. The van der Waals surface area contributed by atoms with Crippen LogP contribution in [0.1, 0.15) is 5.56 Å². The fourth-order valence-corrected chi connectivity index (χ4v) is 0.933. The van der Waals surface area contributed by atoms with Gasteiger partial charge in [0.2, 0.25) is 0 Å². The molecule has 0 aliphatic heterocycles. The molecule has 0 unspecified atom stereocenters. The van der Waals surface area contributed by atoms with Crippen molar-refractivity contribution in [3.05, 3.63) is 29.3 Å². The van der Waals surface area contributed by atoms with E-state index >= 15 is 0 Å². The molecule has 3 nitrogen and oxygen atoms in total. The van der Waals surface area contributed by atoms with Crippen molar-refractivity contribution >= 4 is 12.6 Å². The Kier molecular flexibility index (Phi) is 2.97. The molecule has 0 amide bonds. The van der Waals surface area contributed by atoms with E-state index in [0.29, 0.717) is 6.07 Å². The lowest BCUT2D eigenvalue weighted by Crippen LogP contribution is -2.31. The lowest BCUT2D eigenvalue weighted by Gasteiger charge is -2.04. The Labute approximate surface area is 73.4 Å². The minimum absolute atomic E-state index is 0.192. The third-order valence-corrected chi connectivity index (χ3v) is 1.59. The van der Waals surface area contributed by atoms with Gasteiger partial charge in [0.25, 0.3) is 0 Å². The summed E-state index contributed by atoms with van der Waals surface area (Å²) >= 11 is 0. The van der Waals surface area contributed by atoms with E-state index in [1.54, 1.807) is 0 Å². The van der Waals surface area contributed by atoms with Crippen LogP contribution < -0.4 is 5.46 Å². The monoisotopic (exact) mass is 188 g/mol. The maximum atomic E-state index is 12.7. The summed E-state index contributed by atoms with van der Waals surface area (Å²) in [5.41, 5.74) is -0.494. The van der Waals surface area contributed by atoms with Gasteiger partial charge in [0, 0.05) is 5.56 Å². The molecule has 3 N–H and O–H groups in total. The van der Waals surface area contributed by atoms with Crippen molar-refractivity contribution < 1.29 is 23.9 Å². The fourth-order valence-electron chi connectivity index (χ4n) is 0.933. The van der Waals surface area contributed by atoms with Crippen LogP contribution in [0.4, 0.5) is 8.78 Å². The first kappa shape index (κ1) is 10.1. The molecule has 1 aromatic rings. The van der Waals surface area contributed by atoms with E-state index < -0.39 is 25.4 Å². The second-order valence-corrected chi connectivity index (χ2v) is 2.51. The van der Waals surface area contributed by atoms with Crippen LogP contribution in [0.15, 0.2) is 12.1 Å². The van der Waals surface area contributed by atoms with Crippen molar-refractivity contribution in [1.82, 2.24) is 0 Å². The molecule has 0 spiro atoms. The predicted molar refractivity (Wildman–Crippen MR) is 42.1 cm³/mol. The Morgan fingerprint density at radius 2 is 1.85 bits per heavy atom. The number of aliphatic hydroxyl groups excluding tert-OH is 1. The summed E-state index contributed by atoms with van der Waals surface area (Å²) in [6, 6.07) is 1.65. The molecule has 1 rings (SSSR count). The first-order valence-electron chi connectivity index (χ1n) is 3.51. The maximum absolute atomic E-state index is 12.7. The van der Waals surface area contributed by atoms with Crippen molar-refractivity contribution in [3.63, 3.8) is 0 Å². The van der Waals surface area contributed by atoms with Gasteiger partial charge in [0.1, 0.15) is 0 Å². The number of hydrogen-bond donors (Lipinski definition) is 3. The normalized spacial score (nSPS) is 10.2. The van der Waals surface area contributed by atoms with Crippen molar-refractivity contribution in [2.24, 2.45) is 0 Å². The molecule has 0 aliphatic rings. The van der Waals surface area contributed by atoms with Gasteiger partial charge in [-0.05, 0) is 11.5 Å². The largest absolute Gasteiger partial charge is 0.488 e. The Morgan fingerprint density at radius 1 is 1.23 bits per heavy atom. The molecule has 0 saturated heterocycles. The standard InChI is InChI=1S/C7H7BF2O3/c9-6-2-5(8(12)13)1-4(3-11)7(6)10/h1-2,11-13H,3H2. The molecule has 0 heterocycles. The molecule has 0 aromatic heterocycles. The number of rotatable bonds is 2. The highest BCUT2D eigenvalue weighted by Crippen LogP contribution is 2.09.